The molecule has 2 aromatic heterocycles. The van der Waals surface area contributed by atoms with Crippen molar-refractivity contribution in [2.75, 3.05) is 20.8 Å². The van der Waals surface area contributed by atoms with Crippen molar-refractivity contribution in [3.05, 3.63) is 41.9 Å². The third kappa shape index (κ3) is 4.09. The smallest absolute Gasteiger partial charge is 0.230 e. The molecule has 0 aliphatic heterocycles. The fourth-order valence-electron chi connectivity index (χ4n) is 2.06. The van der Waals surface area contributed by atoms with Gasteiger partial charge in [0.2, 0.25) is 11.8 Å². The molecule has 0 spiro atoms. The number of pyridine rings is 1. The van der Waals surface area contributed by atoms with Gasteiger partial charge in [0.25, 0.3) is 0 Å². The minimum atomic E-state index is 0.0469. The monoisotopic (exact) mass is 290 g/mol. The summed E-state index contributed by atoms with van der Waals surface area (Å²) in [4.78, 5) is 6.51. The average molecular weight is 290 g/mol. The number of likely N-dealkylation sites (N-methyl/N-ethyl adjacent to an activating group) is 1. The molecule has 0 aliphatic carbocycles. The van der Waals surface area contributed by atoms with E-state index in [4.69, 9.17) is 9.15 Å². The summed E-state index contributed by atoms with van der Waals surface area (Å²) in [6.45, 7) is 5.17. The van der Waals surface area contributed by atoms with E-state index in [9.17, 15) is 0 Å². The highest BCUT2D eigenvalue weighted by molar-refractivity contribution is 5.09. The van der Waals surface area contributed by atoms with Crippen LogP contribution in [0.5, 0.6) is 0 Å². The van der Waals surface area contributed by atoms with Crippen LogP contribution in [0, 0.1) is 0 Å². The molecule has 1 unspecified atom stereocenters. The SMILES string of the molecule is COCC(c1ccccn1)N(C)Cc1nnc(C(C)C)o1. The molecule has 0 saturated heterocycles. The van der Waals surface area contributed by atoms with Gasteiger partial charge in [-0.25, -0.2) is 0 Å². The Hall–Kier alpha value is -1.79. The van der Waals surface area contributed by atoms with Crippen molar-refractivity contribution in [1.82, 2.24) is 20.1 Å². The Morgan fingerprint density at radius 2 is 2.10 bits per heavy atom. The molecule has 6 heteroatoms. The molecule has 0 aliphatic rings. The van der Waals surface area contributed by atoms with Gasteiger partial charge in [-0.1, -0.05) is 19.9 Å². The zero-order valence-electron chi connectivity index (χ0n) is 13.0. The molecule has 0 radical (unpaired) electrons. The quantitative estimate of drug-likeness (QED) is 0.780. The Labute approximate surface area is 125 Å². The van der Waals surface area contributed by atoms with E-state index in [1.807, 2.05) is 39.1 Å². The molecular weight excluding hydrogens is 268 g/mol. The third-order valence-corrected chi connectivity index (χ3v) is 3.25. The van der Waals surface area contributed by atoms with Gasteiger partial charge in [0.15, 0.2) is 0 Å². The van der Waals surface area contributed by atoms with Crippen molar-refractivity contribution in [2.24, 2.45) is 0 Å². The zero-order valence-corrected chi connectivity index (χ0v) is 13.0. The second-order valence-electron chi connectivity index (χ2n) is 5.33. The van der Waals surface area contributed by atoms with Gasteiger partial charge in [-0.05, 0) is 19.2 Å². The van der Waals surface area contributed by atoms with Gasteiger partial charge in [0, 0.05) is 19.2 Å². The van der Waals surface area contributed by atoms with Crippen molar-refractivity contribution in [3.8, 4) is 0 Å². The van der Waals surface area contributed by atoms with Gasteiger partial charge < -0.3 is 9.15 Å². The highest BCUT2D eigenvalue weighted by Crippen LogP contribution is 2.20. The van der Waals surface area contributed by atoms with Crippen LogP contribution >= 0.6 is 0 Å². The number of rotatable bonds is 7. The van der Waals surface area contributed by atoms with Crippen molar-refractivity contribution in [1.29, 1.82) is 0 Å². The Bertz CT molecular complexity index is 542. The van der Waals surface area contributed by atoms with Crippen LogP contribution in [0.2, 0.25) is 0 Å². The van der Waals surface area contributed by atoms with Crippen molar-refractivity contribution in [2.45, 2.75) is 32.4 Å². The predicted octanol–water partition coefficient (Wildman–Crippen LogP) is 2.41. The molecule has 0 amide bonds. The largest absolute Gasteiger partial charge is 0.424 e. The van der Waals surface area contributed by atoms with E-state index in [-0.39, 0.29) is 12.0 Å². The molecule has 1 atom stereocenters. The van der Waals surface area contributed by atoms with E-state index in [0.29, 0.717) is 24.9 Å². The average Bonchev–Trinajstić information content (AvgIpc) is 2.94. The van der Waals surface area contributed by atoms with E-state index in [2.05, 4.69) is 20.1 Å². The summed E-state index contributed by atoms with van der Waals surface area (Å²) < 4.78 is 11.0. The van der Waals surface area contributed by atoms with Crippen LogP contribution in [0.1, 0.15) is 43.3 Å². The lowest BCUT2D eigenvalue weighted by Gasteiger charge is -2.25. The number of ether oxygens (including phenoxy) is 1. The minimum absolute atomic E-state index is 0.0469. The molecule has 0 aromatic carbocycles. The highest BCUT2D eigenvalue weighted by atomic mass is 16.5. The molecule has 0 fully saturated rings. The Balaban J connectivity index is 2.09. The van der Waals surface area contributed by atoms with Gasteiger partial charge in [-0.2, -0.15) is 0 Å². The Morgan fingerprint density at radius 3 is 2.67 bits per heavy atom. The maximum Gasteiger partial charge on any atom is 0.230 e. The summed E-state index contributed by atoms with van der Waals surface area (Å²) in [6, 6.07) is 5.92. The lowest BCUT2D eigenvalue weighted by molar-refractivity contribution is 0.0944. The first-order valence-electron chi connectivity index (χ1n) is 7.04. The van der Waals surface area contributed by atoms with Crippen LogP contribution in [0.3, 0.4) is 0 Å². The Kier molecular flexibility index (Phi) is 5.41. The second-order valence-corrected chi connectivity index (χ2v) is 5.33. The first kappa shape index (κ1) is 15.6. The molecule has 2 heterocycles. The van der Waals surface area contributed by atoms with E-state index >= 15 is 0 Å². The van der Waals surface area contributed by atoms with Crippen LogP contribution in [0.25, 0.3) is 0 Å². The maximum absolute atomic E-state index is 5.65. The van der Waals surface area contributed by atoms with Crippen molar-refractivity contribution in [3.63, 3.8) is 0 Å². The van der Waals surface area contributed by atoms with E-state index in [0.717, 1.165) is 5.69 Å². The van der Waals surface area contributed by atoms with Crippen LogP contribution < -0.4 is 0 Å². The van der Waals surface area contributed by atoms with Crippen LogP contribution in [-0.4, -0.2) is 40.8 Å². The molecular formula is C15H22N4O2. The number of hydrogen-bond acceptors (Lipinski definition) is 6. The number of aromatic nitrogens is 3. The van der Waals surface area contributed by atoms with Gasteiger partial charge in [-0.15, -0.1) is 10.2 Å². The maximum atomic E-state index is 5.65. The summed E-state index contributed by atoms with van der Waals surface area (Å²) in [5, 5.41) is 8.15. The van der Waals surface area contributed by atoms with Gasteiger partial charge >= 0.3 is 0 Å². The first-order chi connectivity index (χ1) is 10.1. The molecule has 0 N–H and O–H groups in total. The summed E-state index contributed by atoms with van der Waals surface area (Å²) in [7, 11) is 3.69. The van der Waals surface area contributed by atoms with Crippen LogP contribution in [0.15, 0.2) is 28.8 Å². The summed E-state index contributed by atoms with van der Waals surface area (Å²) in [6.07, 6.45) is 1.79. The Morgan fingerprint density at radius 1 is 1.29 bits per heavy atom. The van der Waals surface area contributed by atoms with E-state index in [1.54, 1.807) is 13.3 Å². The zero-order chi connectivity index (χ0) is 15.2. The van der Waals surface area contributed by atoms with Crippen LogP contribution in [-0.2, 0) is 11.3 Å². The lowest BCUT2D eigenvalue weighted by atomic mass is 10.1. The summed E-state index contributed by atoms with van der Waals surface area (Å²) in [5.74, 6) is 1.51. The van der Waals surface area contributed by atoms with Gasteiger partial charge in [-0.3, -0.25) is 9.88 Å². The summed E-state index contributed by atoms with van der Waals surface area (Å²) in [5.41, 5.74) is 0.963. The van der Waals surface area contributed by atoms with Gasteiger partial charge in [0.1, 0.15) is 0 Å². The van der Waals surface area contributed by atoms with Crippen molar-refractivity contribution < 1.29 is 9.15 Å². The van der Waals surface area contributed by atoms with E-state index in [1.165, 1.54) is 0 Å². The number of hydrogen-bond donors (Lipinski definition) is 0. The molecule has 0 bridgehead atoms. The molecule has 2 rings (SSSR count). The molecule has 114 valence electrons. The third-order valence-electron chi connectivity index (χ3n) is 3.25. The molecule has 0 saturated carbocycles. The van der Waals surface area contributed by atoms with Crippen molar-refractivity contribution >= 4 is 0 Å². The predicted molar refractivity (Wildman–Crippen MR) is 78.7 cm³/mol. The molecule has 2 aromatic rings. The number of nitrogens with zero attached hydrogens (tertiary/aromatic N) is 4. The fourth-order valence-corrected chi connectivity index (χ4v) is 2.06. The normalized spacial score (nSPS) is 13.0. The topological polar surface area (TPSA) is 64.3 Å². The summed E-state index contributed by atoms with van der Waals surface area (Å²) >= 11 is 0. The lowest BCUT2D eigenvalue weighted by Crippen LogP contribution is -2.28. The standard InChI is InChI=1S/C15H22N4O2/c1-11(2)15-18-17-14(21-15)9-19(3)13(10-20-4)12-7-5-6-8-16-12/h5-8,11,13H,9-10H2,1-4H3. The van der Waals surface area contributed by atoms with Gasteiger partial charge in [0.05, 0.1) is 24.9 Å². The highest BCUT2D eigenvalue weighted by Gasteiger charge is 2.20. The second kappa shape index (κ2) is 7.28. The fraction of sp³-hybridized carbons (Fsp3) is 0.533. The molecule has 21 heavy (non-hydrogen) atoms. The van der Waals surface area contributed by atoms with E-state index < -0.39 is 0 Å². The number of methoxy groups -OCH3 is 1. The minimum Gasteiger partial charge on any atom is -0.424 e. The first-order valence-corrected chi connectivity index (χ1v) is 7.04. The van der Waals surface area contributed by atoms with Crippen LogP contribution in [0.4, 0.5) is 0 Å². The molecule has 6 nitrogen and oxygen atoms in total.